The number of nitrogens with zero attached hydrogens (tertiary/aromatic N) is 2. The van der Waals surface area contributed by atoms with Crippen molar-refractivity contribution in [1.29, 1.82) is 0 Å². The molecule has 1 spiro atoms. The summed E-state index contributed by atoms with van der Waals surface area (Å²) in [5.74, 6) is 0.674. The lowest BCUT2D eigenvalue weighted by Gasteiger charge is -2.53. The van der Waals surface area contributed by atoms with Gasteiger partial charge in [-0.25, -0.2) is 0 Å². The van der Waals surface area contributed by atoms with Crippen molar-refractivity contribution in [2.45, 2.75) is 57.0 Å². The molecule has 1 amide bonds. The number of piperidine rings is 1. The monoisotopic (exact) mass is 391 g/mol. The molecular formula is C22H34ClN3O. The molecule has 2 saturated heterocycles. The van der Waals surface area contributed by atoms with Crippen LogP contribution in [0, 0.1) is 5.92 Å². The van der Waals surface area contributed by atoms with Crippen molar-refractivity contribution in [3.63, 3.8) is 0 Å². The largest absolute Gasteiger partial charge is 0.339 e. The Morgan fingerprint density at radius 1 is 1.04 bits per heavy atom. The predicted octanol–water partition coefficient (Wildman–Crippen LogP) is 3.46. The van der Waals surface area contributed by atoms with Gasteiger partial charge in [-0.1, -0.05) is 49.6 Å². The SMILES string of the molecule is Cl.O=C(C1CCNCC1)N1CCN(Cc2ccccc2)C2(CCCCC2)C1. The van der Waals surface area contributed by atoms with Crippen LogP contribution in [0.5, 0.6) is 0 Å². The van der Waals surface area contributed by atoms with Gasteiger partial charge in [0, 0.05) is 37.6 Å². The first-order valence-corrected chi connectivity index (χ1v) is 10.6. The Kier molecular flexibility index (Phi) is 7.18. The summed E-state index contributed by atoms with van der Waals surface area (Å²) in [5.41, 5.74) is 1.60. The Bertz CT molecular complexity index is 597. The molecule has 1 saturated carbocycles. The van der Waals surface area contributed by atoms with Gasteiger partial charge in [-0.3, -0.25) is 9.69 Å². The molecule has 2 aliphatic heterocycles. The van der Waals surface area contributed by atoms with Gasteiger partial charge in [0.2, 0.25) is 5.91 Å². The average molecular weight is 392 g/mol. The molecule has 3 fully saturated rings. The predicted molar refractivity (Wildman–Crippen MR) is 112 cm³/mol. The van der Waals surface area contributed by atoms with Gasteiger partial charge in [0.1, 0.15) is 0 Å². The van der Waals surface area contributed by atoms with E-state index in [1.54, 1.807) is 0 Å². The normalized spacial score (nSPS) is 23.8. The van der Waals surface area contributed by atoms with Gasteiger partial charge in [-0.05, 0) is 44.3 Å². The fourth-order valence-electron chi connectivity index (χ4n) is 5.26. The molecule has 5 heteroatoms. The molecule has 0 atom stereocenters. The lowest BCUT2D eigenvalue weighted by Crippen LogP contribution is -2.64. The van der Waals surface area contributed by atoms with Crippen molar-refractivity contribution < 1.29 is 4.79 Å². The minimum Gasteiger partial charge on any atom is -0.339 e. The van der Waals surface area contributed by atoms with Gasteiger partial charge in [0.05, 0.1) is 0 Å². The number of hydrogen-bond donors (Lipinski definition) is 1. The highest BCUT2D eigenvalue weighted by Crippen LogP contribution is 2.38. The maximum Gasteiger partial charge on any atom is 0.225 e. The molecule has 27 heavy (non-hydrogen) atoms. The minimum atomic E-state index is 0. The highest BCUT2D eigenvalue weighted by Gasteiger charge is 2.44. The summed E-state index contributed by atoms with van der Waals surface area (Å²) in [6.07, 6.45) is 8.47. The summed E-state index contributed by atoms with van der Waals surface area (Å²) in [7, 11) is 0. The first-order chi connectivity index (χ1) is 12.8. The average Bonchev–Trinajstić information content (AvgIpc) is 2.71. The number of piperazine rings is 1. The van der Waals surface area contributed by atoms with E-state index in [1.165, 1.54) is 37.7 Å². The second kappa shape index (κ2) is 9.40. The molecule has 0 bridgehead atoms. The number of carbonyl (C=O) groups excluding carboxylic acids is 1. The number of halogens is 1. The second-order valence-electron chi connectivity index (χ2n) is 8.48. The van der Waals surface area contributed by atoms with E-state index < -0.39 is 0 Å². The summed E-state index contributed by atoms with van der Waals surface area (Å²) in [5, 5.41) is 3.38. The number of hydrogen-bond acceptors (Lipinski definition) is 3. The Labute approximate surface area is 170 Å². The maximum atomic E-state index is 13.1. The maximum absolute atomic E-state index is 13.1. The molecule has 0 radical (unpaired) electrons. The summed E-state index contributed by atoms with van der Waals surface area (Å²) < 4.78 is 0. The van der Waals surface area contributed by atoms with E-state index in [2.05, 4.69) is 45.4 Å². The molecule has 3 aliphatic rings. The lowest BCUT2D eigenvalue weighted by atomic mass is 9.78. The molecule has 1 aromatic rings. The van der Waals surface area contributed by atoms with Crippen LogP contribution in [0.2, 0.25) is 0 Å². The van der Waals surface area contributed by atoms with E-state index in [9.17, 15) is 4.79 Å². The standard InChI is InChI=1S/C22H33N3O.ClH/c26-21(20-9-13-23-14-10-20)24-15-16-25(17-19-7-3-1-4-8-19)22(18-24)11-5-2-6-12-22;/h1,3-4,7-8,20,23H,2,5-6,9-18H2;1H. The Balaban J connectivity index is 0.00000210. The van der Waals surface area contributed by atoms with E-state index in [1.807, 2.05) is 0 Å². The molecule has 1 aliphatic carbocycles. The molecule has 4 rings (SSSR count). The van der Waals surface area contributed by atoms with E-state index in [0.29, 0.717) is 5.91 Å². The third-order valence-electron chi connectivity index (χ3n) is 6.80. The first-order valence-electron chi connectivity index (χ1n) is 10.6. The quantitative estimate of drug-likeness (QED) is 0.857. The number of rotatable bonds is 3. The van der Waals surface area contributed by atoms with E-state index in [0.717, 1.165) is 52.1 Å². The molecular weight excluding hydrogens is 358 g/mol. The van der Waals surface area contributed by atoms with Crippen LogP contribution in [0.1, 0.15) is 50.5 Å². The zero-order valence-electron chi connectivity index (χ0n) is 16.4. The van der Waals surface area contributed by atoms with E-state index >= 15 is 0 Å². The summed E-state index contributed by atoms with van der Waals surface area (Å²) in [6, 6.07) is 10.8. The second-order valence-corrected chi connectivity index (χ2v) is 8.48. The van der Waals surface area contributed by atoms with Crippen molar-refractivity contribution in [2.24, 2.45) is 5.92 Å². The number of amides is 1. The van der Waals surface area contributed by atoms with Gasteiger partial charge >= 0.3 is 0 Å². The highest BCUT2D eigenvalue weighted by molar-refractivity contribution is 5.85. The van der Waals surface area contributed by atoms with E-state index in [-0.39, 0.29) is 23.9 Å². The van der Waals surface area contributed by atoms with Crippen LogP contribution < -0.4 is 5.32 Å². The van der Waals surface area contributed by atoms with Crippen LogP contribution in [0.15, 0.2) is 30.3 Å². The zero-order chi connectivity index (χ0) is 17.8. The first kappa shape index (κ1) is 20.6. The fourth-order valence-corrected chi connectivity index (χ4v) is 5.26. The molecule has 150 valence electrons. The van der Waals surface area contributed by atoms with Crippen LogP contribution in [-0.4, -0.2) is 54.0 Å². The molecule has 2 heterocycles. The third kappa shape index (κ3) is 4.67. The Morgan fingerprint density at radius 2 is 1.74 bits per heavy atom. The molecule has 1 N–H and O–H groups in total. The summed E-state index contributed by atoms with van der Waals surface area (Å²) in [6.45, 7) is 5.88. The molecule has 0 unspecified atom stereocenters. The minimum absolute atomic E-state index is 0. The lowest BCUT2D eigenvalue weighted by molar-refractivity contribution is -0.144. The highest BCUT2D eigenvalue weighted by atomic mass is 35.5. The summed E-state index contributed by atoms with van der Waals surface area (Å²) in [4.78, 5) is 18.1. The number of benzene rings is 1. The number of carbonyl (C=O) groups is 1. The molecule has 0 aromatic heterocycles. The van der Waals surface area contributed by atoms with E-state index in [4.69, 9.17) is 0 Å². The fraction of sp³-hybridized carbons (Fsp3) is 0.682. The van der Waals surface area contributed by atoms with Crippen molar-refractivity contribution in [2.75, 3.05) is 32.7 Å². The zero-order valence-corrected chi connectivity index (χ0v) is 17.2. The van der Waals surface area contributed by atoms with Crippen molar-refractivity contribution >= 4 is 18.3 Å². The van der Waals surface area contributed by atoms with Crippen LogP contribution in [0.3, 0.4) is 0 Å². The van der Waals surface area contributed by atoms with Gasteiger partial charge in [0.25, 0.3) is 0 Å². The Morgan fingerprint density at radius 3 is 2.44 bits per heavy atom. The van der Waals surface area contributed by atoms with Crippen LogP contribution in [0.25, 0.3) is 0 Å². The number of nitrogens with one attached hydrogen (secondary N) is 1. The van der Waals surface area contributed by atoms with Gasteiger partial charge < -0.3 is 10.2 Å². The van der Waals surface area contributed by atoms with Gasteiger partial charge in [-0.2, -0.15) is 0 Å². The summed E-state index contributed by atoms with van der Waals surface area (Å²) >= 11 is 0. The van der Waals surface area contributed by atoms with Gasteiger partial charge in [-0.15, -0.1) is 12.4 Å². The van der Waals surface area contributed by atoms with Crippen molar-refractivity contribution in [3.05, 3.63) is 35.9 Å². The van der Waals surface area contributed by atoms with Crippen molar-refractivity contribution in [3.8, 4) is 0 Å². The van der Waals surface area contributed by atoms with Crippen molar-refractivity contribution in [1.82, 2.24) is 15.1 Å². The Hall–Kier alpha value is -1.10. The van der Waals surface area contributed by atoms with Crippen LogP contribution in [-0.2, 0) is 11.3 Å². The third-order valence-corrected chi connectivity index (χ3v) is 6.80. The van der Waals surface area contributed by atoms with Gasteiger partial charge in [0.15, 0.2) is 0 Å². The smallest absolute Gasteiger partial charge is 0.225 e. The molecule has 4 nitrogen and oxygen atoms in total. The molecule has 1 aromatic carbocycles. The topological polar surface area (TPSA) is 35.6 Å². The van der Waals surface area contributed by atoms with Crippen LogP contribution in [0.4, 0.5) is 0 Å². The van der Waals surface area contributed by atoms with Crippen LogP contribution >= 0.6 is 12.4 Å².